The molecule has 1 heterocycles. The summed E-state index contributed by atoms with van der Waals surface area (Å²) < 4.78 is 12.0. The molecule has 7 heteroatoms. The fourth-order valence-corrected chi connectivity index (χ4v) is 4.02. The standard InChI is InChI=1S/C18H35NO5Si/c1-17(2,3)23-16(22)19-12-14(11-13(19)9-10-15(20)21)24-25(7,8)18(4,5)6/h13-14H,9-12H2,1-8H3,(H,20,21)/t13-,14-/m1/s1. The predicted octanol–water partition coefficient (Wildman–Crippen LogP) is 4.25. The summed E-state index contributed by atoms with van der Waals surface area (Å²) in [4.78, 5) is 25.1. The highest BCUT2D eigenvalue weighted by Crippen LogP contribution is 2.39. The van der Waals surface area contributed by atoms with Gasteiger partial charge in [0.15, 0.2) is 8.32 Å². The largest absolute Gasteiger partial charge is 0.481 e. The van der Waals surface area contributed by atoms with Gasteiger partial charge in [-0.15, -0.1) is 0 Å². The number of nitrogens with zero attached hydrogens (tertiary/aromatic N) is 1. The molecular weight excluding hydrogens is 338 g/mol. The Labute approximate surface area is 153 Å². The van der Waals surface area contributed by atoms with E-state index in [9.17, 15) is 9.59 Å². The molecule has 0 spiro atoms. The van der Waals surface area contributed by atoms with Crippen molar-refractivity contribution in [3.63, 3.8) is 0 Å². The van der Waals surface area contributed by atoms with Crippen molar-refractivity contribution >= 4 is 20.4 Å². The number of rotatable bonds is 5. The van der Waals surface area contributed by atoms with Crippen molar-refractivity contribution in [1.82, 2.24) is 4.90 Å². The number of likely N-dealkylation sites (tertiary alicyclic amines) is 1. The Bertz CT molecular complexity index is 493. The average molecular weight is 374 g/mol. The van der Waals surface area contributed by atoms with Gasteiger partial charge in [-0.3, -0.25) is 4.79 Å². The smallest absolute Gasteiger partial charge is 0.410 e. The van der Waals surface area contributed by atoms with Gasteiger partial charge in [-0.2, -0.15) is 0 Å². The van der Waals surface area contributed by atoms with Crippen molar-refractivity contribution < 1.29 is 23.9 Å². The molecule has 0 aromatic rings. The summed E-state index contributed by atoms with van der Waals surface area (Å²) >= 11 is 0. The molecule has 2 atom stereocenters. The number of ether oxygens (including phenoxy) is 1. The van der Waals surface area contributed by atoms with Crippen molar-refractivity contribution in [2.24, 2.45) is 0 Å². The zero-order valence-corrected chi connectivity index (χ0v) is 18.0. The van der Waals surface area contributed by atoms with E-state index in [0.717, 1.165) is 0 Å². The molecule has 6 nitrogen and oxygen atoms in total. The molecule has 1 amide bonds. The van der Waals surface area contributed by atoms with E-state index < -0.39 is 19.9 Å². The van der Waals surface area contributed by atoms with Gasteiger partial charge in [-0.1, -0.05) is 20.8 Å². The van der Waals surface area contributed by atoms with Gasteiger partial charge in [0, 0.05) is 19.0 Å². The van der Waals surface area contributed by atoms with Crippen LogP contribution < -0.4 is 0 Å². The predicted molar refractivity (Wildman–Crippen MR) is 100 cm³/mol. The monoisotopic (exact) mass is 373 g/mol. The molecule has 1 rings (SSSR count). The summed E-state index contributed by atoms with van der Waals surface area (Å²) in [7, 11) is -1.95. The van der Waals surface area contributed by atoms with Crippen LogP contribution in [0.2, 0.25) is 18.1 Å². The summed E-state index contributed by atoms with van der Waals surface area (Å²) in [5.41, 5.74) is -0.577. The molecule has 1 fully saturated rings. The molecule has 1 N–H and O–H groups in total. The molecule has 0 radical (unpaired) electrons. The molecule has 1 aliphatic rings. The van der Waals surface area contributed by atoms with Crippen LogP contribution in [0.15, 0.2) is 0 Å². The van der Waals surface area contributed by atoms with Crippen LogP contribution in [0.5, 0.6) is 0 Å². The quantitative estimate of drug-likeness (QED) is 0.729. The lowest BCUT2D eigenvalue weighted by Crippen LogP contribution is -2.45. The number of carboxylic acids is 1. The lowest BCUT2D eigenvalue weighted by atomic mass is 10.1. The second-order valence-corrected chi connectivity index (χ2v) is 14.2. The number of hydrogen-bond acceptors (Lipinski definition) is 4. The Hall–Kier alpha value is -1.08. The SMILES string of the molecule is CC(C)(C)OC(=O)N1C[C@H](O[Si](C)(C)C(C)(C)C)C[C@H]1CCC(=O)O. The minimum absolute atomic E-state index is 0.0385. The van der Waals surface area contributed by atoms with Crippen LogP contribution in [0.1, 0.15) is 60.8 Å². The van der Waals surface area contributed by atoms with Crippen molar-refractivity contribution in [1.29, 1.82) is 0 Å². The van der Waals surface area contributed by atoms with E-state index >= 15 is 0 Å². The van der Waals surface area contributed by atoms with Crippen LogP contribution in [0.25, 0.3) is 0 Å². The number of carbonyl (C=O) groups excluding carboxylic acids is 1. The van der Waals surface area contributed by atoms with Gasteiger partial charge < -0.3 is 19.2 Å². The fraction of sp³-hybridized carbons (Fsp3) is 0.889. The van der Waals surface area contributed by atoms with E-state index in [1.54, 1.807) is 4.90 Å². The lowest BCUT2D eigenvalue weighted by molar-refractivity contribution is -0.137. The molecule has 0 unspecified atom stereocenters. The fourth-order valence-electron chi connectivity index (χ4n) is 2.66. The summed E-state index contributed by atoms with van der Waals surface area (Å²) in [6.07, 6.45) is 0.679. The summed E-state index contributed by atoms with van der Waals surface area (Å²) in [6.45, 7) is 16.9. The molecule has 0 saturated carbocycles. The highest BCUT2D eigenvalue weighted by molar-refractivity contribution is 6.74. The number of amides is 1. The van der Waals surface area contributed by atoms with Crippen LogP contribution >= 0.6 is 0 Å². The van der Waals surface area contributed by atoms with Gasteiger partial charge in [0.25, 0.3) is 0 Å². The van der Waals surface area contributed by atoms with Crippen molar-refractivity contribution in [2.75, 3.05) is 6.54 Å². The molecule has 1 saturated heterocycles. The molecule has 146 valence electrons. The van der Waals surface area contributed by atoms with Gasteiger partial charge in [-0.25, -0.2) is 4.79 Å². The van der Waals surface area contributed by atoms with E-state index in [4.69, 9.17) is 14.3 Å². The Balaban J connectivity index is 2.86. The zero-order valence-electron chi connectivity index (χ0n) is 17.0. The highest BCUT2D eigenvalue weighted by Gasteiger charge is 2.44. The summed E-state index contributed by atoms with van der Waals surface area (Å²) in [5, 5.41) is 9.07. The Kier molecular flexibility index (Phi) is 6.73. The van der Waals surface area contributed by atoms with Gasteiger partial charge >= 0.3 is 12.1 Å². The number of carbonyl (C=O) groups is 2. The number of aliphatic carboxylic acids is 1. The third kappa shape index (κ3) is 6.62. The first-order valence-electron chi connectivity index (χ1n) is 9.01. The van der Waals surface area contributed by atoms with Crippen LogP contribution in [-0.4, -0.2) is 54.7 Å². The van der Waals surface area contributed by atoms with Crippen LogP contribution in [0.3, 0.4) is 0 Å². The maximum atomic E-state index is 12.5. The Morgan fingerprint density at radius 2 is 1.72 bits per heavy atom. The van der Waals surface area contributed by atoms with Crippen LogP contribution in [0, 0.1) is 0 Å². The van der Waals surface area contributed by atoms with Crippen molar-refractivity contribution in [2.45, 2.75) is 96.7 Å². The first-order chi connectivity index (χ1) is 11.1. The summed E-state index contributed by atoms with van der Waals surface area (Å²) in [5.74, 6) is -0.849. The van der Waals surface area contributed by atoms with E-state index in [-0.39, 0.29) is 29.7 Å². The van der Waals surface area contributed by atoms with E-state index in [1.807, 2.05) is 20.8 Å². The molecule has 0 aromatic heterocycles. The average Bonchev–Trinajstić information content (AvgIpc) is 2.75. The maximum Gasteiger partial charge on any atom is 0.410 e. The number of hydrogen-bond donors (Lipinski definition) is 1. The molecule has 0 bridgehead atoms. The normalized spacial score (nSPS) is 22.2. The second-order valence-electron chi connectivity index (χ2n) is 9.45. The number of carboxylic acid groups (broad SMARTS) is 1. The van der Waals surface area contributed by atoms with Crippen molar-refractivity contribution in [3.05, 3.63) is 0 Å². The van der Waals surface area contributed by atoms with Gasteiger partial charge in [0.05, 0.1) is 6.10 Å². The first kappa shape index (κ1) is 22.0. The lowest BCUT2D eigenvalue weighted by Gasteiger charge is -2.38. The van der Waals surface area contributed by atoms with Gasteiger partial charge in [0.2, 0.25) is 0 Å². The molecule has 25 heavy (non-hydrogen) atoms. The van der Waals surface area contributed by atoms with E-state index in [1.165, 1.54) is 0 Å². The third-order valence-corrected chi connectivity index (χ3v) is 9.50. The third-order valence-electron chi connectivity index (χ3n) is 4.96. The minimum atomic E-state index is -1.95. The Morgan fingerprint density at radius 1 is 1.16 bits per heavy atom. The molecule has 0 aromatic carbocycles. The summed E-state index contributed by atoms with van der Waals surface area (Å²) in [6, 6.07) is -0.152. The van der Waals surface area contributed by atoms with E-state index in [2.05, 4.69) is 33.9 Å². The van der Waals surface area contributed by atoms with Gasteiger partial charge in [-0.05, 0) is 51.7 Å². The van der Waals surface area contributed by atoms with Gasteiger partial charge in [0.1, 0.15) is 5.60 Å². The topological polar surface area (TPSA) is 76.1 Å². The molecule has 1 aliphatic heterocycles. The van der Waals surface area contributed by atoms with E-state index in [0.29, 0.717) is 19.4 Å². The Morgan fingerprint density at radius 3 is 2.16 bits per heavy atom. The van der Waals surface area contributed by atoms with Crippen LogP contribution in [0.4, 0.5) is 4.79 Å². The zero-order chi connectivity index (χ0) is 19.6. The maximum absolute atomic E-state index is 12.5. The molecule has 0 aliphatic carbocycles. The first-order valence-corrected chi connectivity index (χ1v) is 11.9. The second kappa shape index (κ2) is 7.66. The van der Waals surface area contributed by atoms with Crippen molar-refractivity contribution in [3.8, 4) is 0 Å². The van der Waals surface area contributed by atoms with Crippen LogP contribution in [-0.2, 0) is 14.0 Å². The molecular formula is C18H35NO5Si. The minimum Gasteiger partial charge on any atom is -0.481 e. The highest BCUT2D eigenvalue weighted by atomic mass is 28.4.